The molecular formula is C11H17N3O3. The number of anilines is 1. The standard InChI is InChI=1S/C11H17N3O3/c1-4-8-5-9(14-13-8)12-10(15)6(2)7(3)11(16)17/h5-7H,4H2,1-3H3,(H,16,17)(H2,12,13,14,15). The highest BCUT2D eigenvalue weighted by molar-refractivity contribution is 5.94. The predicted octanol–water partition coefficient (Wildman–Crippen LogP) is 1.27. The van der Waals surface area contributed by atoms with Crippen LogP contribution in [-0.2, 0) is 16.0 Å². The Morgan fingerprint density at radius 3 is 2.59 bits per heavy atom. The number of aryl methyl sites for hydroxylation is 1. The van der Waals surface area contributed by atoms with Crippen LogP contribution >= 0.6 is 0 Å². The monoisotopic (exact) mass is 239 g/mol. The number of aliphatic carboxylic acids is 1. The van der Waals surface area contributed by atoms with Crippen LogP contribution in [0.5, 0.6) is 0 Å². The van der Waals surface area contributed by atoms with E-state index in [9.17, 15) is 9.59 Å². The molecule has 1 aromatic heterocycles. The second-order valence-electron chi connectivity index (χ2n) is 4.04. The van der Waals surface area contributed by atoms with Crippen LogP contribution in [0.4, 0.5) is 5.82 Å². The molecule has 0 radical (unpaired) electrons. The van der Waals surface area contributed by atoms with Crippen LogP contribution in [0.3, 0.4) is 0 Å². The van der Waals surface area contributed by atoms with Gasteiger partial charge in [-0.3, -0.25) is 14.7 Å². The van der Waals surface area contributed by atoms with E-state index in [-0.39, 0.29) is 5.91 Å². The molecule has 1 rings (SSSR count). The summed E-state index contributed by atoms with van der Waals surface area (Å²) in [5.74, 6) is -2.22. The van der Waals surface area contributed by atoms with Crippen LogP contribution in [0.1, 0.15) is 26.5 Å². The SMILES string of the molecule is CCc1cc(NC(=O)C(C)C(C)C(=O)O)n[nH]1. The number of carbonyl (C=O) groups is 2. The Hall–Kier alpha value is -1.85. The predicted molar refractivity (Wildman–Crippen MR) is 62.6 cm³/mol. The minimum Gasteiger partial charge on any atom is -0.481 e. The molecule has 0 saturated heterocycles. The Balaban J connectivity index is 2.62. The summed E-state index contributed by atoms with van der Waals surface area (Å²) in [4.78, 5) is 22.5. The first-order chi connectivity index (χ1) is 7.95. The van der Waals surface area contributed by atoms with E-state index in [1.165, 1.54) is 6.92 Å². The van der Waals surface area contributed by atoms with Gasteiger partial charge in [-0.05, 0) is 6.42 Å². The zero-order chi connectivity index (χ0) is 13.0. The summed E-state index contributed by atoms with van der Waals surface area (Å²) in [5, 5.41) is 18.1. The minimum atomic E-state index is -0.982. The number of nitrogens with zero attached hydrogens (tertiary/aromatic N) is 1. The molecule has 0 aromatic carbocycles. The fourth-order valence-corrected chi connectivity index (χ4v) is 1.29. The van der Waals surface area contributed by atoms with E-state index >= 15 is 0 Å². The van der Waals surface area contributed by atoms with E-state index in [1.807, 2.05) is 6.92 Å². The lowest BCUT2D eigenvalue weighted by Crippen LogP contribution is -2.30. The van der Waals surface area contributed by atoms with Crippen molar-refractivity contribution in [2.45, 2.75) is 27.2 Å². The molecule has 0 aliphatic heterocycles. The average molecular weight is 239 g/mol. The quantitative estimate of drug-likeness (QED) is 0.721. The molecule has 94 valence electrons. The zero-order valence-electron chi connectivity index (χ0n) is 10.2. The summed E-state index contributed by atoms with van der Waals surface area (Å²) < 4.78 is 0. The summed E-state index contributed by atoms with van der Waals surface area (Å²) in [5.41, 5.74) is 0.916. The molecule has 0 bridgehead atoms. The molecule has 0 saturated carbocycles. The van der Waals surface area contributed by atoms with Crippen molar-refractivity contribution < 1.29 is 14.7 Å². The fourth-order valence-electron chi connectivity index (χ4n) is 1.29. The lowest BCUT2D eigenvalue weighted by Gasteiger charge is -2.14. The molecule has 0 spiro atoms. The zero-order valence-corrected chi connectivity index (χ0v) is 10.2. The highest BCUT2D eigenvalue weighted by Crippen LogP contribution is 2.14. The van der Waals surface area contributed by atoms with Gasteiger partial charge in [0, 0.05) is 17.7 Å². The maximum Gasteiger partial charge on any atom is 0.307 e. The lowest BCUT2D eigenvalue weighted by molar-refractivity contribution is -0.145. The number of aromatic nitrogens is 2. The molecule has 6 nitrogen and oxygen atoms in total. The Kier molecular flexibility index (Phi) is 4.25. The van der Waals surface area contributed by atoms with Crippen molar-refractivity contribution in [2.75, 3.05) is 5.32 Å². The number of H-pyrrole nitrogens is 1. The van der Waals surface area contributed by atoms with Gasteiger partial charge in [-0.25, -0.2) is 0 Å². The first-order valence-electron chi connectivity index (χ1n) is 5.53. The number of carboxylic acid groups (broad SMARTS) is 1. The number of amides is 1. The third kappa shape index (κ3) is 3.30. The number of carboxylic acids is 1. The van der Waals surface area contributed by atoms with Gasteiger partial charge in [0.05, 0.1) is 5.92 Å². The molecule has 1 heterocycles. The van der Waals surface area contributed by atoms with Gasteiger partial charge in [0.15, 0.2) is 5.82 Å². The van der Waals surface area contributed by atoms with Gasteiger partial charge in [0.1, 0.15) is 0 Å². The second-order valence-corrected chi connectivity index (χ2v) is 4.04. The van der Waals surface area contributed by atoms with Crippen LogP contribution in [0, 0.1) is 11.8 Å². The number of rotatable bonds is 5. The van der Waals surface area contributed by atoms with E-state index in [0.717, 1.165) is 12.1 Å². The summed E-state index contributed by atoms with van der Waals surface area (Å²) in [6.07, 6.45) is 0.796. The lowest BCUT2D eigenvalue weighted by atomic mass is 9.95. The molecule has 2 atom stereocenters. The van der Waals surface area contributed by atoms with Crippen LogP contribution in [0.25, 0.3) is 0 Å². The molecule has 2 unspecified atom stereocenters. The van der Waals surface area contributed by atoms with E-state index in [2.05, 4.69) is 15.5 Å². The number of aromatic amines is 1. The largest absolute Gasteiger partial charge is 0.481 e. The molecule has 0 aliphatic rings. The number of hydrogen-bond donors (Lipinski definition) is 3. The van der Waals surface area contributed by atoms with Crippen LogP contribution in [0.15, 0.2) is 6.07 Å². The van der Waals surface area contributed by atoms with Gasteiger partial charge in [-0.1, -0.05) is 20.8 Å². The third-order valence-electron chi connectivity index (χ3n) is 2.82. The van der Waals surface area contributed by atoms with Crippen molar-refractivity contribution in [3.05, 3.63) is 11.8 Å². The van der Waals surface area contributed by atoms with Crippen molar-refractivity contribution in [3.8, 4) is 0 Å². The van der Waals surface area contributed by atoms with E-state index in [4.69, 9.17) is 5.11 Å². The first kappa shape index (κ1) is 13.2. The molecule has 1 amide bonds. The molecule has 0 aliphatic carbocycles. The number of nitrogens with one attached hydrogen (secondary N) is 2. The Morgan fingerprint density at radius 2 is 2.12 bits per heavy atom. The normalized spacial score (nSPS) is 14.1. The van der Waals surface area contributed by atoms with Crippen molar-refractivity contribution in [2.24, 2.45) is 11.8 Å². The average Bonchev–Trinajstić information content (AvgIpc) is 2.74. The summed E-state index contributed by atoms with van der Waals surface area (Å²) in [7, 11) is 0. The topological polar surface area (TPSA) is 95.1 Å². The van der Waals surface area contributed by atoms with Gasteiger partial charge in [0.25, 0.3) is 0 Å². The number of carbonyl (C=O) groups excluding carboxylic acids is 1. The first-order valence-corrected chi connectivity index (χ1v) is 5.53. The fraction of sp³-hybridized carbons (Fsp3) is 0.545. The van der Waals surface area contributed by atoms with Crippen LogP contribution < -0.4 is 5.32 Å². The summed E-state index contributed by atoms with van der Waals surface area (Å²) in [6.45, 7) is 5.06. The van der Waals surface area contributed by atoms with Crippen molar-refractivity contribution in [3.63, 3.8) is 0 Å². The van der Waals surface area contributed by atoms with Crippen molar-refractivity contribution in [1.29, 1.82) is 0 Å². The van der Waals surface area contributed by atoms with Crippen LogP contribution in [-0.4, -0.2) is 27.2 Å². The van der Waals surface area contributed by atoms with Crippen molar-refractivity contribution in [1.82, 2.24) is 10.2 Å². The Morgan fingerprint density at radius 1 is 1.47 bits per heavy atom. The van der Waals surface area contributed by atoms with Crippen molar-refractivity contribution >= 4 is 17.7 Å². The Labute approximate surface area is 99.4 Å². The van der Waals surface area contributed by atoms with Gasteiger partial charge in [-0.15, -0.1) is 0 Å². The Bertz CT molecular complexity index is 414. The van der Waals surface area contributed by atoms with Crippen LogP contribution in [0.2, 0.25) is 0 Å². The maximum atomic E-state index is 11.7. The smallest absolute Gasteiger partial charge is 0.307 e. The van der Waals surface area contributed by atoms with E-state index in [1.54, 1.807) is 13.0 Å². The number of hydrogen-bond acceptors (Lipinski definition) is 3. The molecule has 3 N–H and O–H groups in total. The maximum absolute atomic E-state index is 11.7. The van der Waals surface area contributed by atoms with Gasteiger partial charge in [-0.2, -0.15) is 5.10 Å². The highest BCUT2D eigenvalue weighted by atomic mass is 16.4. The molecule has 1 aromatic rings. The molecule has 6 heteroatoms. The second kappa shape index (κ2) is 5.47. The summed E-state index contributed by atoms with van der Waals surface area (Å²) >= 11 is 0. The van der Waals surface area contributed by atoms with Gasteiger partial charge in [0.2, 0.25) is 5.91 Å². The van der Waals surface area contributed by atoms with E-state index < -0.39 is 17.8 Å². The highest BCUT2D eigenvalue weighted by Gasteiger charge is 2.26. The molecular weight excluding hydrogens is 222 g/mol. The third-order valence-corrected chi connectivity index (χ3v) is 2.82. The van der Waals surface area contributed by atoms with Gasteiger partial charge >= 0.3 is 5.97 Å². The molecule has 0 fully saturated rings. The minimum absolute atomic E-state index is 0.339. The molecule has 17 heavy (non-hydrogen) atoms. The summed E-state index contributed by atoms with van der Waals surface area (Å²) in [6, 6.07) is 1.73. The van der Waals surface area contributed by atoms with Gasteiger partial charge < -0.3 is 10.4 Å². The van der Waals surface area contributed by atoms with E-state index in [0.29, 0.717) is 5.82 Å².